The van der Waals surface area contributed by atoms with E-state index in [2.05, 4.69) is 17.4 Å². The summed E-state index contributed by atoms with van der Waals surface area (Å²) in [5.41, 5.74) is 3.35. The molecule has 3 nitrogen and oxygen atoms in total. The zero-order chi connectivity index (χ0) is 13.1. The summed E-state index contributed by atoms with van der Waals surface area (Å²) in [5, 5.41) is 3.34. The highest BCUT2D eigenvalue weighted by Crippen LogP contribution is 2.24. The van der Waals surface area contributed by atoms with E-state index in [-0.39, 0.29) is 18.3 Å². The molecule has 1 saturated heterocycles. The number of likely N-dealkylation sites (tertiary alicyclic amines) is 1. The summed E-state index contributed by atoms with van der Waals surface area (Å²) < 4.78 is 0. The van der Waals surface area contributed by atoms with Crippen LogP contribution in [0.25, 0.3) is 0 Å². The predicted octanol–water partition coefficient (Wildman–Crippen LogP) is 3.48. The molecule has 20 heavy (non-hydrogen) atoms. The molecule has 0 atom stereocenters. The third-order valence-electron chi connectivity index (χ3n) is 4.21. The number of hydrogen-bond acceptors (Lipinski definition) is 2. The molecule has 0 saturated carbocycles. The Balaban J connectivity index is 0.00000147. The molecule has 1 N–H and O–H groups in total. The Hall–Kier alpha value is -1.22. The molecular formula is C16H23ClN2O. The monoisotopic (exact) mass is 294 g/mol. The lowest BCUT2D eigenvalue weighted by molar-refractivity contribution is 0.0742. The number of amides is 1. The van der Waals surface area contributed by atoms with Crippen LogP contribution in [0, 0.1) is 0 Å². The molecule has 0 aromatic heterocycles. The van der Waals surface area contributed by atoms with Gasteiger partial charge in [0.25, 0.3) is 5.91 Å². The molecule has 3 rings (SSSR count). The van der Waals surface area contributed by atoms with Crippen LogP contribution in [0.1, 0.15) is 48.0 Å². The number of halogens is 1. The molecule has 1 aromatic carbocycles. The lowest BCUT2D eigenvalue weighted by atomic mass is 10.1. The first-order chi connectivity index (χ1) is 9.34. The SMILES string of the molecule is Cl.O=C(c1ccc2c(c1)CCN2)N1CCCCCCC1. The van der Waals surface area contributed by atoms with Gasteiger partial charge in [0.2, 0.25) is 0 Å². The first kappa shape index (κ1) is 15.2. The average molecular weight is 295 g/mol. The van der Waals surface area contributed by atoms with Crippen molar-refractivity contribution >= 4 is 24.0 Å². The van der Waals surface area contributed by atoms with Gasteiger partial charge in [-0.15, -0.1) is 12.4 Å². The van der Waals surface area contributed by atoms with Crippen LogP contribution < -0.4 is 5.32 Å². The Bertz CT molecular complexity index is 468. The fourth-order valence-corrected chi connectivity index (χ4v) is 3.07. The number of anilines is 1. The van der Waals surface area contributed by atoms with E-state index >= 15 is 0 Å². The number of benzene rings is 1. The zero-order valence-electron chi connectivity index (χ0n) is 11.9. The summed E-state index contributed by atoms with van der Waals surface area (Å²) in [6, 6.07) is 6.11. The minimum absolute atomic E-state index is 0. The van der Waals surface area contributed by atoms with E-state index in [0.29, 0.717) is 0 Å². The molecule has 0 radical (unpaired) electrons. The second-order valence-electron chi connectivity index (χ2n) is 5.61. The molecule has 0 spiro atoms. The predicted molar refractivity (Wildman–Crippen MR) is 84.9 cm³/mol. The maximum atomic E-state index is 12.6. The molecule has 0 aliphatic carbocycles. The summed E-state index contributed by atoms with van der Waals surface area (Å²) in [6.45, 7) is 2.85. The third-order valence-corrected chi connectivity index (χ3v) is 4.21. The first-order valence-corrected chi connectivity index (χ1v) is 7.51. The fourth-order valence-electron chi connectivity index (χ4n) is 3.07. The van der Waals surface area contributed by atoms with Crippen molar-refractivity contribution in [2.45, 2.75) is 38.5 Å². The van der Waals surface area contributed by atoms with Crippen LogP contribution in [-0.2, 0) is 6.42 Å². The van der Waals surface area contributed by atoms with Gasteiger partial charge in [-0.2, -0.15) is 0 Å². The van der Waals surface area contributed by atoms with Gasteiger partial charge in [-0.1, -0.05) is 19.3 Å². The maximum Gasteiger partial charge on any atom is 0.253 e. The van der Waals surface area contributed by atoms with Gasteiger partial charge in [0.15, 0.2) is 0 Å². The van der Waals surface area contributed by atoms with Gasteiger partial charge >= 0.3 is 0 Å². The number of nitrogens with zero attached hydrogens (tertiary/aromatic N) is 1. The molecule has 1 amide bonds. The van der Waals surface area contributed by atoms with Gasteiger partial charge in [-0.25, -0.2) is 0 Å². The van der Waals surface area contributed by atoms with Gasteiger partial charge in [0, 0.05) is 30.9 Å². The van der Waals surface area contributed by atoms with Crippen LogP contribution in [0.15, 0.2) is 18.2 Å². The van der Waals surface area contributed by atoms with Gasteiger partial charge in [-0.3, -0.25) is 4.79 Å². The molecule has 2 aliphatic rings. The van der Waals surface area contributed by atoms with E-state index in [1.54, 1.807) is 0 Å². The van der Waals surface area contributed by atoms with Crippen molar-refractivity contribution in [2.24, 2.45) is 0 Å². The van der Waals surface area contributed by atoms with Crippen LogP contribution in [0.3, 0.4) is 0 Å². The van der Waals surface area contributed by atoms with Crippen molar-refractivity contribution in [3.63, 3.8) is 0 Å². The van der Waals surface area contributed by atoms with Crippen LogP contribution in [0.4, 0.5) is 5.69 Å². The molecule has 1 aromatic rings. The Morgan fingerprint density at radius 3 is 2.50 bits per heavy atom. The normalized spacial score (nSPS) is 18.3. The van der Waals surface area contributed by atoms with E-state index in [1.807, 2.05) is 11.0 Å². The molecular weight excluding hydrogens is 272 g/mol. The first-order valence-electron chi connectivity index (χ1n) is 7.51. The fraction of sp³-hybridized carbons (Fsp3) is 0.562. The van der Waals surface area contributed by atoms with Crippen molar-refractivity contribution < 1.29 is 4.79 Å². The van der Waals surface area contributed by atoms with Gasteiger partial charge in [0.1, 0.15) is 0 Å². The van der Waals surface area contributed by atoms with Gasteiger partial charge < -0.3 is 10.2 Å². The molecule has 1 fully saturated rings. The Morgan fingerprint density at radius 1 is 1.05 bits per heavy atom. The van der Waals surface area contributed by atoms with Crippen LogP contribution in [0.2, 0.25) is 0 Å². The number of carbonyl (C=O) groups excluding carboxylic acids is 1. The summed E-state index contributed by atoms with van der Waals surface area (Å²) in [7, 11) is 0. The Labute approximate surface area is 127 Å². The average Bonchev–Trinajstić information content (AvgIpc) is 2.84. The molecule has 0 unspecified atom stereocenters. The van der Waals surface area contributed by atoms with Crippen molar-refractivity contribution in [1.82, 2.24) is 4.90 Å². The smallest absolute Gasteiger partial charge is 0.253 e. The van der Waals surface area contributed by atoms with E-state index < -0.39 is 0 Å². The van der Waals surface area contributed by atoms with E-state index in [4.69, 9.17) is 0 Å². The standard InChI is InChI=1S/C16H22N2O.ClH/c19-16(18-10-4-2-1-3-5-11-18)14-6-7-15-13(12-14)8-9-17-15;/h6-7,12,17H,1-5,8-11H2;1H. The number of nitrogens with one attached hydrogen (secondary N) is 1. The summed E-state index contributed by atoms with van der Waals surface area (Å²) in [6.07, 6.45) is 7.19. The van der Waals surface area contributed by atoms with Crippen LogP contribution in [-0.4, -0.2) is 30.4 Å². The largest absolute Gasteiger partial charge is 0.384 e. The minimum Gasteiger partial charge on any atom is -0.384 e. The molecule has 2 aliphatic heterocycles. The summed E-state index contributed by atoms with van der Waals surface area (Å²) >= 11 is 0. The topological polar surface area (TPSA) is 32.3 Å². The lowest BCUT2D eigenvalue weighted by Crippen LogP contribution is -2.33. The zero-order valence-corrected chi connectivity index (χ0v) is 12.7. The number of rotatable bonds is 1. The highest BCUT2D eigenvalue weighted by atomic mass is 35.5. The highest BCUT2D eigenvalue weighted by Gasteiger charge is 2.19. The van der Waals surface area contributed by atoms with Crippen molar-refractivity contribution in [3.05, 3.63) is 29.3 Å². The summed E-state index contributed by atoms with van der Waals surface area (Å²) in [5.74, 6) is 0.219. The maximum absolute atomic E-state index is 12.6. The molecule has 110 valence electrons. The second-order valence-corrected chi connectivity index (χ2v) is 5.61. The third kappa shape index (κ3) is 3.26. The highest BCUT2D eigenvalue weighted by molar-refractivity contribution is 5.95. The van der Waals surface area contributed by atoms with Crippen molar-refractivity contribution in [1.29, 1.82) is 0 Å². The van der Waals surface area contributed by atoms with Crippen molar-refractivity contribution in [2.75, 3.05) is 25.0 Å². The second kappa shape index (κ2) is 6.98. The Morgan fingerprint density at radius 2 is 1.75 bits per heavy atom. The number of hydrogen-bond donors (Lipinski definition) is 1. The summed E-state index contributed by atoms with van der Waals surface area (Å²) in [4.78, 5) is 14.6. The Kier molecular flexibility index (Phi) is 5.30. The van der Waals surface area contributed by atoms with E-state index in [9.17, 15) is 4.79 Å². The van der Waals surface area contributed by atoms with E-state index in [0.717, 1.165) is 44.5 Å². The van der Waals surface area contributed by atoms with Gasteiger partial charge in [0.05, 0.1) is 0 Å². The molecule has 4 heteroatoms. The molecule has 2 heterocycles. The number of fused-ring (bicyclic) bond motifs is 1. The lowest BCUT2D eigenvalue weighted by Gasteiger charge is -2.25. The molecule has 0 bridgehead atoms. The van der Waals surface area contributed by atoms with Gasteiger partial charge in [-0.05, 0) is 43.0 Å². The van der Waals surface area contributed by atoms with Crippen LogP contribution >= 0.6 is 12.4 Å². The van der Waals surface area contributed by atoms with Crippen LogP contribution in [0.5, 0.6) is 0 Å². The number of carbonyl (C=O) groups is 1. The van der Waals surface area contributed by atoms with E-state index in [1.165, 1.54) is 30.5 Å². The quantitative estimate of drug-likeness (QED) is 0.860. The van der Waals surface area contributed by atoms with Crippen molar-refractivity contribution in [3.8, 4) is 0 Å². The minimum atomic E-state index is 0.